The van der Waals surface area contributed by atoms with Crippen LogP contribution in [-0.2, 0) is 6.54 Å². The first-order valence-corrected chi connectivity index (χ1v) is 5.37. The van der Waals surface area contributed by atoms with Crippen molar-refractivity contribution in [3.8, 4) is 5.88 Å². The van der Waals surface area contributed by atoms with Crippen molar-refractivity contribution in [1.82, 2.24) is 10.3 Å². The second-order valence-corrected chi connectivity index (χ2v) is 3.55. The summed E-state index contributed by atoms with van der Waals surface area (Å²) in [4.78, 5) is 3.96. The maximum absolute atomic E-state index is 11.9. The van der Waals surface area contributed by atoms with Gasteiger partial charge >= 0.3 is 6.18 Å². The molecule has 0 saturated carbocycles. The fourth-order valence-corrected chi connectivity index (χ4v) is 1.19. The molecule has 0 atom stereocenters. The van der Waals surface area contributed by atoms with Gasteiger partial charge in [0.05, 0.1) is 5.69 Å². The van der Waals surface area contributed by atoms with E-state index in [0.29, 0.717) is 12.2 Å². The fraction of sp³-hybridized carbons (Fsp3) is 0.545. The lowest BCUT2D eigenvalue weighted by Gasteiger charge is -2.09. The Morgan fingerprint density at radius 3 is 2.76 bits per heavy atom. The molecule has 0 saturated heterocycles. The summed E-state index contributed by atoms with van der Waals surface area (Å²) in [7, 11) is 0. The summed E-state index contributed by atoms with van der Waals surface area (Å²) in [6.45, 7) is 2.08. The second kappa shape index (κ2) is 6.44. The van der Waals surface area contributed by atoms with E-state index in [9.17, 15) is 13.2 Å². The van der Waals surface area contributed by atoms with E-state index in [0.717, 1.165) is 13.0 Å². The van der Waals surface area contributed by atoms with Gasteiger partial charge in [-0.15, -0.1) is 0 Å². The highest BCUT2D eigenvalue weighted by Gasteiger charge is 2.28. The van der Waals surface area contributed by atoms with Crippen molar-refractivity contribution in [2.24, 2.45) is 0 Å². The van der Waals surface area contributed by atoms with E-state index in [-0.39, 0.29) is 5.88 Å². The number of pyridine rings is 1. The molecule has 0 spiro atoms. The van der Waals surface area contributed by atoms with E-state index in [4.69, 9.17) is 0 Å². The van der Waals surface area contributed by atoms with Gasteiger partial charge in [-0.05, 0) is 19.0 Å². The lowest BCUT2D eigenvalue weighted by atomic mass is 10.3. The Hall–Kier alpha value is -1.30. The molecule has 0 radical (unpaired) electrons. The number of halogens is 3. The number of rotatable bonds is 6. The maximum Gasteiger partial charge on any atom is 0.422 e. The fourth-order valence-electron chi connectivity index (χ4n) is 1.19. The van der Waals surface area contributed by atoms with Crippen LogP contribution in [0.4, 0.5) is 13.2 Å². The van der Waals surface area contributed by atoms with Crippen molar-refractivity contribution in [1.29, 1.82) is 0 Å². The first kappa shape index (κ1) is 13.8. The topological polar surface area (TPSA) is 34.1 Å². The zero-order valence-electron chi connectivity index (χ0n) is 9.55. The van der Waals surface area contributed by atoms with Crippen molar-refractivity contribution < 1.29 is 17.9 Å². The van der Waals surface area contributed by atoms with Crippen LogP contribution in [0.2, 0.25) is 0 Å². The summed E-state index contributed by atoms with van der Waals surface area (Å²) in [5, 5.41) is 3.11. The number of hydrogen-bond acceptors (Lipinski definition) is 3. The van der Waals surface area contributed by atoms with Gasteiger partial charge in [0.2, 0.25) is 5.88 Å². The van der Waals surface area contributed by atoms with Gasteiger partial charge in [-0.25, -0.2) is 4.98 Å². The first-order chi connectivity index (χ1) is 8.01. The van der Waals surface area contributed by atoms with E-state index < -0.39 is 12.8 Å². The molecule has 0 aliphatic rings. The van der Waals surface area contributed by atoms with Crippen LogP contribution in [0.25, 0.3) is 0 Å². The molecule has 0 aromatic carbocycles. The third kappa shape index (κ3) is 6.11. The summed E-state index contributed by atoms with van der Waals surface area (Å²) in [5.41, 5.74) is 0.665. The number of alkyl halides is 3. The monoisotopic (exact) mass is 248 g/mol. The molecule has 96 valence electrons. The van der Waals surface area contributed by atoms with E-state index in [2.05, 4.69) is 15.0 Å². The Labute approximate surface area is 98.0 Å². The number of ether oxygens (including phenoxy) is 1. The second-order valence-electron chi connectivity index (χ2n) is 3.55. The average Bonchev–Trinajstić information content (AvgIpc) is 2.27. The molecule has 0 unspecified atom stereocenters. The zero-order valence-corrected chi connectivity index (χ0v) is 9.55. The van der Waals surface area contributed by atoms with Crippen molar-refractivity contribution in [3.63, 3.8) is 0 Å². The van der Waals surface area contributed by atoms with Gasteiger partial charge in [-0.2, -0.15) is 13.2 Å². The molecule has 0 amide bonds. The molecule has 3 nitrogen and oxygen atoms in total. The first-order valence-electron chi connectivity index (χ1n) is 5.37. The standard InChI is InChI=1S/C11H15F3N2O/c1-2-6-15-7-9-4-3-5-10(16-9)17-8-11(12,13)14/h3-5,15H,2,6-8H2,1H3. The Morgan fingerprint density at radius 1 is 1.35 bits per heavy atom. The van der Waals surface area contributed by atoms with Gasteiger partial charge in [0.15, 0.2) is 6.61 Å². The van der Waals surface area contributed by atoms with Crippen molar-refractivity contribution in [3.05, 3.63) is 23.9 Å². The molecule has 0 fully saturated rings. The molecule has 0 aliphatic heterocycles. The average molecular weight is 248 g/mol. The summed E-state index contributed by atoms with van der Waals surface area (Å²) in [6, 6.07) is 4.78. The minimum Gasteiger partial charge on any atom is -0.468 e. The molecule has 1 aromatic rings. The minimum absolute atomic E-state index is 0.00174. The molecule has 0 bridgehead atoms. The molecule has 0 aliphatic carbocycles. The number of nitrogens with zero attached hydrogens (tertiary/aromatic N) is 1. The van der Waals surface area contributed by atoms with Gasteiger partial charge in [0, 0.05) is 12.6 Å². The van der Waals surface area contributed by atoms with Gasteiger partial charge in [0.25, 0.3) is 0 Å². The van der Waals surface area contributed by atoms with E-state index in [1.54, 1.807) is 12.1 Å². The quantitative estimate of drug-likeness (QED) is 0.785. The van der Waals surface area contributed by atoms with E-state index in [1.807, 2.05) is 6.92 Å². The normalized spacial score (nSPS) is 11.5. The van der Waals surface area contributed by atoms with Crippen LogP contribution < -0.4 is 10.1 Å². The van der Waals surface area contributed by atoms with Crippen LogP contribution in [0.1, 0.15) is 19.0 Å². The molecule has 17 heavy (non-hydrogen) atoms. The summed E-state index contributed by atoms with van der Waals surface area (Å²) >= 11 is 0. The largest absolute Gasteiger partial charge is 0.468 e. The molecule has 6 heteroatoms. The van der Waals surface area contributed by atoms with Crippen molar-refractivity contribution in [2.75, 3.05) is 13.2 Å². The third-order valence-electron chi connectivity index (χ3n) is 1.90. The van der Waals surface area contributed by atoms with Gasteiger partial charge < -0.3 is 10.1 Å². The van der Waals surface area contributed by atoms with Crippen LogP contribution in [-0.4, -0.2) is 24.3 Å². The van der Waals surface area contributed by atoms with Crippen molar-refractivity contribution in [2.45, 2.75) is 26.1 Å². The highest BCUT2D eigenvalue weighted by Crippen LogP contribution is 2.17. The summed E-state index contributed by atoms with van der Waals surface area (Å²) < 4.78 is 40.3. The van der Waals surface area contributed by atoms with Crippen LogP contribution in [0.3, 0.4) is 0 Å². The predicted octanol–water partition coefficient (Wildman–Crippen LogP) is 2.52. The summed E-state index contributed by atoms with van der Waals surface area (Å²) in [5.74, 6) is -0.00174. The SMILES string of the molecule is CCCNCc1cccc(OCC(F)(F)F)n1. The molecular formula is C11H15F3N2O. The molecular weight excluding hydrogens is 233 g/mol. The Bertz CT molecular complexity index is 342. The summed E-state index contributed by atoms with van der Waals surface area (Å²) in [6.07, 6.45) is -3.34. The van der Waals surface area contributed by atoms with Crippen LogP contribution in [0.5, 0.6) is 5.88 Å². The number of hydrogen-bond donors (Lipinski definition) is 1. The Kier molecular flexibility index (Phi) is 5.21. The lowest BCUT2D eigenvalue weighted by molar-refractivity contribution is -0.154. The lowest BCUT2D eigenvalue weighted by Crippen LogP contribution is -2.20. The predicted molar refractivity (Wildman–Crippen MR) is 57.8 cm³/mol. The smallest absolute Gasteiger partial charge is 0.422 e. The molecule has 1 aromatic heterocycles. The third-order valence-corrected chi connectivity index (χ3v) is 1.90. The Morgan fingerprint density at radius 2 is 2.12 bits per heavy atom. The maximum atomic E-state index is 11.9. The Balaban J connectivity index is 2.48. The zero-order chi connectivity index (χ0) is 12.7. The molecule has 1 rings (SSSR count). The van der Waals surface area contributed by atoms with E-state index >= 15 is 0 Å². The van der Waals surface area contributed by atoms with E-state index in [1.165, 1.54) is 6.07 Å². The minimum atomic E-state index is -4.34. The van der Waals surface area contributed by atoms with Gasteiger partial charge in [-0.1, -0.05) is 13.0 Å². The van der Waals surface area contributed by atoms with Gasteiger partial charge in [-0.3, -0.25) is 0 Å². The molecule has 1 N–H and O–H groups in total. The molecule has 1 heterocycles. The van der Waals surface area contributed by atoms with Crippen LogP contribution in [0, 0.1) is 0 Å². The van der Waals surface area contributed by atoms with Crippen LogP contribution in [0.15, 0.2) is 18.2 Å². The van der Waals surface area contributed by atoms with Gasteiger partial charge in [0.1, 0.15) is 0 Å². The highest BCUT2D eigenvalue weighted by atomic mass is 19.4. The van der Waals surface area contributed by atoms with Crippen LogP contribution >= 0.6 is 0 Å². The number of aromatic nitrogens is 1. The number of nitrogens with one attached hydrogen (secondary N) is 1. The highest BCUT2D eigenvalue weighted by molar-refractivity contribution is 5.15. The van der Waals surface area contributed by atoms with Crippen molar-refractivity contribution >= 4 is 0 Å².